The van der Waals surface area contributed by atoms with Gasteiger partial charge in [0.05, 0.1) is 31.0 Å². The highest BCUT2D eigenvalue weighted by Gasteiger charge is 2.69. The molecule has 6 nitrogen and oxygen atoms in total. The van der Waals surface area contributed by atoms with Crippen molar-refractivity contribution in [2.45, 2.75) is 24.2 Å². The Kier molecular flexibility index (Phi) is 4.98. The zero-order valence-corrected chi connectivity index (χ0v) is 17.8. The summed E-state index contributed by atoms with van der Waals surface area (Å²) < 4.78 is 20.3. The van der Waals surface area contributed by atoms with E-state index in [2.05, 4.69) is 10.6 Å². The summed E-state index contributed by atoms with van der Waals surface area (Å²) in [6.07, 6.45) is -1.21. The quantitative estimate of drug-likeness (QED) is 0.730. The summed E-state index contributed by atoms with van der Waals surface area (Å²) in [5.41, 5.74) is 0.351. The van der Waals surface area contributed by atoms with E-state index in [1.165, 1.54) is 14.2 Å². The van der Waals surface area contributed by atoms with Crippen LogP contribution < -0.4 is 15.4 Å². The molecule has 0 spiro atoms. The van der Waals surface area contributed by atoms with E-state index >= 15 is 0 Å². The van der Waals surface area contributed by atoms with Crippen LogP contribution in [0.15, 0.2) is 42.5 Å². The number of halogens is 2. The van der Waals surface area contributed by atoms with Crippen LogP contribution in [-0.2, 0) is 15.1 Å². The molecule has 2 aliphatic heterocycles. The van der Waals surface area contributed by atoms with Gasteiger partial charge in [0.25, 0.3) is 11.8 Å². The van der Waals surface area contributed by atoms with E-state index in [0.29, 0.717) is 27.6 Å². The molecule has 2 aromatic carbocycles. The van der Waals surface area contributed by atoms with Crippen molar-refractivity contribution in [1.82, 2.24) is 5.32 Å². The molecular formula is C22H24ClFN3O3+. The van der Waals surface area contributed by atoms with Gasteiger partial charge in [0, 0.05) is 18.5 Å². The summed E-state index contributed by atoms with van der Waals surface area (Å²) >= 11 is 6.34. The van der Waals surface area contributed by atoms with Gasteiger partial charge in [-0.3, -0.25) is 14.1 Å². The molecule has 2 unspecified atom stereocenters. The van der Waals surface area contributed by atoms with Crippen molar-refractivity contribution in [3.8, 4) is 5.75 Å². The molecule has 8 heteroatoms. The molecule has 30 heavy (non-hydrogen) atoms. The SMILES string of the molecule is CNC(=O)[C@H]1C[C@H](F)C[N+]1(C)C1(c2ccccc2OC)C(=O)Nc2ccc(Cl)cc21. The Bertz CT molecular complexity index is 1030. The highest BCUT2D eigenvalue weighted by molar-refractivity contribution is 6.31. The molecule has 0 radical (unpaired) electrons. The number of hydrogen-bond acceptors (Lipinski definition) is 3. The number of hydrogen-bond donors (Lipinski definition) is 2. The number of nitrogens with one attached hydrogen (secondary N) is 2. The summed E-state index contributed by atoms with van der Waals surface area (Å²) in [5, 5.41) is 6.03. The predicted molar refractivity (Wildman–Crippen MR) is 112 cm³/mol. The topological polar surface area (TPSA) is 67.4 Å². The molecule has 1 fully saturated rings. The number of fused-ring (bicyclic) bond motifs is 1. The first-order valence-corrected chi connectivity index (χ1v) is 10.1. The second-order valence-electron chi connectivity index (χ2n) is 7.97. The molecule has 2 aromatic rings. The van der Waals surface area contributed by atoms with E-state index in [1.807, 2.05) is 0 Å². The van der Waals surface area contributed by atoms with Gasteiger partial charge in [0.1, 0.15) is 12.3 Å². The molecule has 158 valence electrons. The number of para-hydroxylation sites is 1. The lowest BCUT2D eigenvalue weighted by Gasteiger charge is -2.48. The van der Waals surface area contributed by atoms with Crippen LogP contribution in [0.4, 0.5) is 10.1 Å². The summed E-state index contributed by atoms with van der Waals surface area (Å²) in [6, 6.07) is 11.5. The van der Waals surface area contributed by atoms with Crippen molar-refractivity contribution >= 4 is 29.1 Å². The molecule has 0 aromatic heterocycles. The number of rotatable bonds is 4. The Hall–Kier alpha value is -2.64. The molecule has 1 saturated heterocycles. The van der Waals surface area contributed by atoms with Gasteiger partial charge < -0.3 is 15.4 Å². The third kappa shape index (κ3) is 2.65. The maximum atomic E-state index is 14.9. The number of methoxy groups -OCH3 is 1. The van der Waals surface area contributed by atoms with E-state index in [0.717, 1.165) is 0 Å². The standard InChI is InChI=1S/C22H23ClFN3O3/c1-25-20(28)18-11-14(24)12-27(18,2)22(15-6-4-5-7-19(15)30-3)16-10-13(23)8-9-17(16)26-21(22)29/h4-10,14,18H,11-12H2,1-3H3,(H-,25,26,28,29)/p+1/t14-,18+,22?,27?/m0/s1. The maximum absolute atomic E-state index is 14.9. The number of amides is 2. The molecule has 0 bridgehead atoms. The third-order valence-electron chi connectivity index (χ3n) is 6.50. The average Bonchev–Trinajstić information content (AvgIpc) is 3.20. The number of ether oxygens (including phenoxy) is 1. The monoisotopic (exact) mass is 432 g/mol. The second kappa shape index (κ2) is 7.25. The van der Waals surface area contributed by atoms with E-state index < -0.39 is 17.8 Å². The maximum Gasteiger partial charge on any atom is 0.295 e. The van der Waals surface area contributed by atoms with Gasteiger partial charge in [-0.05, 0) is 30.3 Å². The summed E-state index contributed by atoms with van der Waals surface area (Å²) in [6.45, 7) is -0.00446. The lowest BCUT2D eigenvalue weighted by Crippen LogP contribution is -2.68. The molecule has 0 aliphatic carbocycles. The van der Waals surface area contributed by atoms with Crippen LogP contribution in [0, 0.1) is 0 Å². The minimum Gasteiger partial charge on any atom is -0.496 e. The smallest absolute Gasteiger partial charge is 0.295 e. The van der Waals surface area contributed by atoms with E-state index in [4.69, 9.17) is 16.3 Å². The van der Waals surface area contributed by atoms with E-state index in [1.54, 1.807) is 49.5 Å². The first-order valence-electron chi connectivity index (χ1n) is 9.75. The first kappa shape index (κ1) is 20.6. The molecule has 4 atom stereocenters. The van der Waals surface area contributed by atoms with Crippen molar-refractivity contribution < 1.29 is 23.2 Å². The van der Waals surface area contributed by atoms with Crippen molar-refractivity contribution in [1.29, 1.82) is 0 Å². The molecule has 2 N–H and O–H groups in total. The predicted octanol–water partition coefficient (Wildman–Crippen LogP) is 2.85. The number of carbonyl (C=O) groups is 2. The van der Waals surface area contributed by atoms with Crippen LogP contribution >= 0.6 is 11.6 Å². The molecule has 4 rings (SSSR count). The number of benzene rings is 2. The van der Waals surface area contributed by atoms with Crippen molar-refractivity contribution in [3.05, 3.63) is 58.6 Å². The largest absolute Gasteiger partial charge is 0.496 e. The van der Waals surface area contributed by atoms with Crippen LogP contribution in [0.2, 0.25) is 5.02 Å². The fraction of sp³-hybridized carbons (Fsp3) is 0.364. The third-order valence-corrected chi connectivity index (χ3v) is 6.74. The van der Waals surface area contributed by atoms with Gasteiger partial charge in [0.15, 0.2) is 12.2 Å². The van der Waals surface area contributed by atoms with Crippen molar-refractivity contribution in [2.75, 3.05) is 33.1 Å². The van der Waals surface area contributed by atoms with Crippen LogP contribution in [-0.4, -0.2) is 56.3 Å². The van der Waals surface area contributed by atoms with Crippen LogP contribution in [0.25, 0.3) is 0 Å². The zero-order valence-electron chi connectivity index (χ0n) is 17.0. The lowest BCUT2D eigenvalue weighted by molar-refractivity contribution is -0.953. The average molecular weight is 433 g/mol. The van der Waals surface area contributed by atoms with Gasteiger partial charge in [-0.1, -0.05) is 23.7 Å². The molecule has 2 aliphatic rings. The molecule has 2 heterocycles. The summed E-state index contributed by atoms with van der Waals surface area (Å²) in [4.78, 5) is 26.7. The lowest BCUT2D eigenvalue weighted by atomic mass is 9.78. The fourth-order valence-electron chi connectivity index (χ4n) is 5.24. The zero-order chi connectivity index (χ0) is 21.7. The number of nitrogens with zero attached hydrogens (tertiary/aromatic N) is 1. The Morgan fingerprint density at radius 1 is 1.30 bits per heavy atom. The Morgan fingerprint density at radius 3 is 2.73 bits per heavy atom. The highest BCUT2D eigenvalue weighted by Crippen LogP contribution is 2.55. The van der Waals surface area contributed by atoms with Gasteiger partial charge >= 0.3 is 0 Å². The van der Waals surface area contributed by atoms with Gasteiger partial charge in [0.2, 0.25) is 5.54 Å². The second-order valence-corrected chi connectivity index (χ2v) is 8.40. The summed E-state index contributed by atoms with van der Waals surface area (Å²) in [5.74, 6) is -0.164. The number of carbonyl (C=O) groups excluding carboxylic acids is 2. The first-order chi connectivity index (χ1) is 14.3. The van der Waals surface area contributed by atoms with Gasteiger partial charge in [-0.25, -0.2) is 4.39 Å². The van der Waals surface area contributed by atoms with E-state index in [-0.39, 0.29) is 29.3 Å². The van der Waals surface area contributed by atoms with Gasteiger partial charge in [-0.15, -0.1) is 0 Å². The number of likely N-dealkylation sites (N-methyl/N-ethyl adjacent to an activating group) is 2. The minimum absolute atomic E-state index is 0.00446. The number of anilines is 1. The fourth-order valence-corrected chi connectivity index (χ4v) is 5.42. The number of quaternary nitrogens is 1. The Balaban J connectivity index is 2.11. The Morgan fingerprint density at radius 2 is 2.03 bits per heavy atom. The molecule has 0 saturated carbocycles. The van der Waals surface area contributed by atoms with Crippen molar-refractivity contribution in [3.63, 3.8) is 0 Å². The van der Waals surface area contributed by atoms with Crippen molar-refractivity contribution in [2.24, 2.45) is 0 Å². The van der Waals surface area contributed by atoms with E-state index in [9.17, 15) is 14.0 Å². The van der Waals surface area contributed by atoms with Crippen LogP contribution in [0.5, 0.6) is 5.75 Å². The molecule has 2 amide bonds. The minimum atomic E-state index is -1.41. The van der Waals surface area contributed by atoms with Crippen LogP contribution in [0.3, 0.4) is 0 Å². The highest BCUT2D eigenvalue weighted by atomic mass is 35.5. The number of alkyl halides is 1. The Labute approximate surface area is 179 Å². The molecular weight excluding hydrogens is 409 g/mol. The normalized spacial score (nSPS) is 30.0. The van der Waals surface area contributed by atoms with Crippen LogP contribution in [0.1, 0.15) is 17.5 Å². The van der Waals surface area contributed by atoms with Gasteiger partial charge in [-0.2, -0.15) is 0 Å². The number of likely N-dealkylation sites (tertiary alicyclic amines) is 1. The summed E-state index contributed by atoms with van der Waals surface area (Å²) in [7, 11) is 4.81.